The third-order valence-corrected chi connectivity index (χ3v) is 6.93. The van der Waals surface area contributed by atoms with E-state index in [2.05, 4.69) is 65.6 Å². The largest absolute Gasteiger partial charge is 0.494 e. The number of ether oxygens (including phenoxy) is 1. The molecule has 0 atom stereocenters. The first-order valence-electron chi connectivity index (χ1n) is 12.0. The van der Waals surface area contributed by atoms with Crippen LogP contribution in [-0.2, 0) is 24.1 Å². The van der Waals surface area contributed by atoms with Crippen LogP contribution in [0.4, 0.5) is 0 Å². The normalized spacial score (nSPS) is 16.9. The van der Waals surface area contributed by atoms with Gasteiger partial charge < -0.3 is 19.8 Å². The molecule has 0 bridgehead atoms. The third kappa shape index (κ3) is 4.70. The molecule has 5 rings (SSSR count). The van der Waals surface area contributed by atoms with E-state index >= 15 is 0 Å². The molecule has 172 valence electrons. The molecule has 0 saturated carbocycles. The van der Waals surface area contributed by atoms with E-state index in [0.717, 1.165) is 43.6 Å². The van der Waals surface area contributed by atoms with Crippen LogP contribution in [0.1, 0.15) is 41.2 Å². The van der Waals surface area contributed by atoms with Crippen molar-refractivity contribution < 1.29 is 14.9 Å². The maximum absolute atomic E-state index is 10.6. The average molecular weight is 445 g/mol. The maximum Gasteiger partial charge on any atom is 0.197 e. The van der Waals surface area contributed by atoms with E-state index in [1.807, 2.05) is 12.1 Å². The summed E-state index contributed by atoms with van der Waals surface area (Å²) in [6.07, 6.45) is 7.57. The summed E-state index contributed by atoms with van der Waals surface area (Å²) < 4.78 is 8.32. The standard InChI is InChI=1S/C28H32N2O3/c31-27-24-13-7-8-14-25(24)28(32)30(27)20-19-29-17-15-23(16-18-29)33-26(21-9-3-1-4-10-21)22-11-5-2-6-12-22/h1-12,23,26,31-32H,13-20H2. The van der Waals surface area contributed by atoms with Gasteiger partial charge in [-0.3, -0.25) is 4.57 Å². The Morgan fingerprint density at radius 3 is 1.79 bits per heavy atom. The van der Waals surface area contributed by atoms with Crippen molar-refractivity contribution in [1.82, 2.24) is 9.47 Å². The molecule has 2 aromatic carbocycles. The smallest absolute Gasteiger partial charge is 0.197 e. The fraction of sp³-hybridized carbons (Fsp3) is 0.357. The lowest BCUT2D eigenvalue weighted by Gasteiger charge is -2.34. The number of hydrogen-bond acceptors (Lipinski definition) is 4. The minimum atomic E-state index is -0.0577. The fourth-order valence-corrected chi connectivity index (χ4v) is 5.05. The number of rotatable bonds is 7. The average Bonchev–Trinajstić information content (AvgIpc) is 3.12. The summed E-state index contributed by atoms with van der Waals surface area (Å²) in [6.45, 7) is 3.29. The summed E-state index contributed by atoms with van der Waals surface area (Å²) in [6, 6.07) is 20.9. The molecule has 0 spiro atoms. The summed E-state index contributed by atoms with van der Waals surface area (Å²) >= 11 is 0. The monoisotopic (exact) mass is 444 g/mol. The van der Waals surface area contributed by atoms with Crippen LogP contribution >= 0.6 is 0 Å². The second-order valence-corrected chi connectivity index (χ2v) is 9.01. The van der Waals surface area contributed by atoms with Crippen LogP contribution in [0.5, 0.6) is 11.8 Å². The van der Waals surface area contributed by atoms with Gasteiger partial charge in [0.25, 0.3) is 0 Å². The van der Waals surface area contributed by atoms with E-state index in [1.165, 1.54) is 11.1 Å². The predicted octanol–water partition coefficient (Wildman–Crippen LogP) is 4.82. The Hall–Kier alpha value is -3.02. The maximum atomic E-state index is 10.6. The van der Waals surface area contributed by atoms with Crippen LogP contribution < -0.4 is 0 Å². The van der Waals surface area contributed by atoms with Crippen molar-refractivity contribution in [2.24, 2.45) is 0 Å². The highest BCUT2D eigenvalue weighted by atomic mass is 16.5. The molecule has 1 aliphatic heterocycles. The summed E-state index contributed by atoms with van der Waals surface area (Å²) in [4.78, 5) is 2.40. The van der Waals surface area contributed by atoms with Gasteiger partial charge in [0.1, 0.15) is 6.10 Å². The van der Waals surface area contributed by atoms with E-state index < -0.39 is 0 Å². The SMILES string of the molecule is Oc1c2c(c(O)n1CCN1CCC(OC(c3ccccc3)c3ccccc3)CC1)CC=CC2. The van der Waals surface area contributed by atoms with Crippen molar-refractivity contribution in [2.45, 2.75) is 44.4 Å². The molecule has 5 heteroatoms. The molecule has 1 aliphatic carbocycles. The number of piperidine rings is 1. The van der Waals surface area contributed by atoms with Gasteiger partial charge in [-0.05, 0) is 36.8 Å². The first kappa shape index (κ1) is 21.8. The highest BCUT2D eigenvalue weighted by Crippen LogP contribution is 2.37. The zero-order valence-electron chi connectivity index (χ0n) is 18.9. The van der Waals surface area contributed by atoms with Crippen molar-refractivity contribution in [3.8, 4) is 11.8 Å². The number of nitrogens with zero attached hydrogens (tertiary/aromatic N) is 2. The molecule has 2 heterocycles. The van der Waals surface area contributed by atoms with Gasteiger partial charge in [0.15, 0.2) is 11.8 Å². The molecule has 0 unspecified atom stereocenters. The summed E-state index contributed by atoms with van der Waals surface area (Å²) in [7, 11) is 0. The molecule has 1 fully saturated rings. The molecule has 1 saturated heterocycles. The number of allylic oxidation sites excluding steroid dienone is 2. The minimum absolute atomic E-state index is 0.0577. The Morgan fingerprint density at radius 2 is 1.27 bits per heavy atom. The van der Waals surface area contributed by atoms with Gasteiger partial charge in [0.2, 0.25) is 0 Å². The van der Waals surface area contributed by atoms with E-state index in [9.17, 15) is 10.2 Å². The number of benzene rings is 2. The van der Waals surface area contributed by atoms with Crippen LogP contribution in [-0.4, -0.2) is 45.4 Å². The Labute approximate surface area is 195 Å². The number of likely N-dealkylation sites (tertiary alicyclic amines) is 1. The van der Waals surface area contributed by atoms with Crippen LogP contribution in [0.2, 0.25) is 0 Å². The first-order chi connectivity index (χ1) is 16.2. The first-order valence-corrected chi connectivity index (χ1v) is 12.0. The van der Waals surface area contributed by atoms with Gasteiger partial charge in [-0.15, -0.1) is 0 Å². The van der Waals surface area contributed by atoms with Gasteiger partial charge in [0, 0.05) is 37.3 Å². The van der Waals surface area contributed by atoms with E-state index in [-0.39, 0.29) is 24.0 Å². The summed E-state index contributed by atoms with van der Waals surface area (Å²) in [5, 5.41) is 21.1. The van der Waals surface area contributed by atoms with Gasteiger partial charge in [-0.1, -0.05) is 72.8 Å². The molecule has 0 amide bonds. The van der Waals surface area contributed by atoms with Crippen LogP contribution in [0.15, 0.2) is 72.8 Å². The molecule has 33 heavy (non-hydrogen) atoms. The zero-order chi connectivity index (χ0) is 22.6. The lowest BCUT2D eigenvalue weighted by atomic mass is 10.00. The Balaban J connectivity index is 1.19. The molecule has 2 N–H and O–H groups in total. The lowest BCUT2D eigenvalue weighted by Crippen LogP contribution is -2.39. The van der Waals surface area contributed by atoms with Gasteiger partial charge in [-0.2, -0.15) is 0 Å². The number of aromatic hydroxyl groups is 2. The molecule has 2 aliphatic rings. The second kappa shape index (κ2) is 9.86. The number of fused-ring (bicyclic) bond motifs is 1. The highest BCUT2D eigenvalue weighted by molar-refractivity contribution is 5.49. The Bertz CT molecular complexity index is 1010. The van der Waals surface area contributed by atoms with Crippen molar-refractivity contribution in [3.63, 3.8) is 0 Å². The molecule has 0 radical (unpaired) electrons. The van der Waals surface area contributed by atoms with E-state index in [1.54, 1.807) is 4.57 Å². The van der Waals surface area contributed by atoms with Crippen LogP contribution in [0, 0.1) is 0 Å². The highest BCUT2D eigenvalue weighted by Gasteiger charge is 2.26. The molecular weight excluding hydrogens is 412 g/mol. The van der Waals surface area contributed by atoms with Crippen molar-refractivity contribution in [2.75, 3.05) is 19.6 Å². The molecule has 3 aromatic rings. The van der Waals surface area contributed by atoms with Crippen molar-refractivity contribution in [1.29, 1.82) is 0 Å². The predicted molar refractivity (Wildman–Crippen MR) is 130 cm³/mol. The fourth-order valence-electron chi connectivity index (χ4n) is 5.05. The lowest BCUT2D eigenvalue weighted by molar-refractivity contribution is -0.0274. The molecular formula is C28H32N2O3. The molecule has 1 aromatic heterocycles. The van der Waals surface area contributed by atoms with Gasteiger partial charge in [-0.25, -0.2) is 0 Å². The van der Waals surface area contributed by atoms with Crippen molar-refractivity contribution in [3.05, 3.63) is 95.1 Å². The number of aromatic nitrogens is 1. The third-order valence-electron chi connectivity index (χ3n) is 6.93. The van der Waals surface area contributed by atoms with Gasteiger partial charge >= 0.3 is 0 Å². The summed E-state index contributed by atoms with van der Waals surface area (Å²) in [5.41, 5.74) is 4.11. The van der Waals surface area contributed by atoms with Gasteiger partial charge in [0.05, 0.1) is 6.10 Å². The van der Waals surface area contributed by atoms with Crippen LogP contribution in [0.3, 0.4) is 0 Å². The van der Waals surface area contributed by atoms with Crippen molar-refractivity contribution >= 4 is 0 Å². The zero-order valence-corrected chi connectivity index (χ0v) is 18.9. The minimum Gasteiger partial charge on any atom is -0.494 e. The Morgan fingerprint density at radius 1 is 0.758 bits per heavy atom. The molecule has 5 nitrogen and oxygen atoms in total. The Kier molecular flexibility index (Phi) is 6.51. The van der Waals surface area contributed by atoms with Crippen LogP contribution in [0.25, 0.3) is 0 Å². The number of hydrogen-bond donors (Lipinski definition) is 2. The second-order valence-electron chi connectivity index (χ2n) is 9.01. The topological polar surface area (TPSA) is 57.9 Å². The summed E-state index contributed by atoms with van der Waals surface area (Å²) in [5.74, 6) is 0.442. The van der Waals surface area contributed by atoms with E-state index in [4.69, 9.17) is 4.74 Å². The quantitative estimate of drug-likeness (QED) is 0.513. The van der Waals surface area contributed by atoms with E-state index in [0.29, 0.717) is 19.4 Å².